The van der Waals surface area contributed by atoms with Crippen LogP contribution < -0.4 is 14.8 Å². The lowest BCUT2D eigenvalue weighted by molar-refractivity contribution is 0.0951. The Labute approximate surface area is 191 Å². The highest BCUT2D eigenvalue weighted by molar-refractivity contribution is 6.33. The lowest BCUT2D eigenvalue weighted by Crippen LogP contribution is -2.23. The molecule has 164 valence electrons. The molecule has 4 aromatic rings. The first-order chi connectivity index (χ1) is 15.6. The van der Waals surface area contributed by atoms with E-state index in [2.05, 4.69) is 15.5 Å². The first kappa shape index (κ1) is 21.6. The van der Waals surface area contributed by atoms with Gasteiger partial charge in [-0.25, -0.2) is 0 Å². The molecule has 8 heteroatoms. The minimum atomic E-state index is -0.207. The van der Waals surface area contributed by atoms with Gasteiger partial charge < -0.3 is 14.8 Å². The summed E-state index contributed by atoms with van der Waals surface area (Å²) in [6, 6.07) is 16.5. The number of fused-ring (bicyclic) bond motifs is 1. The van der Waals surface area contributed by atoms with E-state index in [-0.39, 0.29) is 5.91 Å². The highest BCUT2D eigenvalue weighted by Gasteiger charge is 2.14. The predicted octanol–water partition coefficient (Wildman–Crippen LogP) is 4.78. The fourth-order valence-electron chi connectivity index (χ4n) is 3.35. The molecule has 0 saturated heterocycles. The molecule has 0 radical (unpaired) electrons. The van der Waals surface area contributed by atoms with Crippen molar-refractivity contribution in [3.8, 4) is 22.9 Å². The average Bonchev–Trinajstić information content (AvgIpc) is 3.22. The first-order valence-corrected chi connectivity index (χ1v) is 10.7. The molecule has 32 heavy (non-hydrogen) atoms. The van der Waals surface area contributed by atoms with E-state index in [4.69, 9.17) is 21.1 Å². The van der Waals surface area contributed by atoms with Crippen molar-refractivity contribution in [1.82, 2.24) is 19.9 Å². The van der Waals surface area contributed by atoms with Crippen molar-refractivity contribution >= 4 is 23.2 Å². The Morgan fingerprint density at radius 2 is 1.78 bits per heavy atom. The Morgan fingerprint density at radius 3 is 2.56 bits per heavy atom. The number of aromatic nitrogens is 3. The number of ether oxygens (including phenoxy) is 2. The van der Waals surface area contributed by atoms with E-state index in [9.17, 15) is 4.79 Å². The van der Waals surface area contributed by atoms with Crippen LogP contribution in [0, 0.1) is 0 Å². The van der Waals surface area contributed by atoms with Crippen LogP contribution in [-0.2, 0) is 6.54 Å². The SMILES string of the molecule is CCOc1ccc(CNC(=O)c2ccn3c(-c4ccccc4Cl)nnc3c2)cc1OCC. The van der Waals surface area contributed by atoms with Gasteiger partial charge in [-0.2, -0.15) is 0 Å². The third-order valence-electron chi connectivity index (χ3n) is 4.85. The number of benzene rings is 2. The van der Waals surface area contributed by atoms with E-state index in [0.717, 1.165) is 11.1 Å². The quantitative estimate of drug-likeness (QED) is 0.418. The van der Waals surface area contributed by atoms with E-state index in [1.165, 1.54) is 0 Å². The molecule has 1 amide bonds. The second-order valence-electron chi connectivity index (χ2n) is 6.98. The molecule has 0 aliphatic heterocycles. The summed E-state index contributed by atoms with van der Waals surface area (Å²) in [5, 5.41) is 12.0. The van der Waals surface area contributed by atoms with Crippen LogP contribution in [0.4, 0.5) is 0 Å². The second-order valence-corrected chi connectivity index (χ2v) is 7.38. The van der Waals surface area contributed by atoms with Crippen LogP contribution in [0.15, 0.2) is 60.8 Å². The predicted molar refractivity (Wildman–Crippen MR) is 123 cm³/mol. The zero-order chi connectivity index (χ0) is 22.5. The fraction of sp³-hybridized carbons (Fsp3) is 0.208. The van der Waals surface area contributed by atoms with Crippen molar-refractivity contribution in [3.05, 3.63) is 76.9 Å². The van der Waals surface area contributed by atoms with Crippen molar-refractivity contribution < 1.29 is 14.3 Å². The number of nitrogens with zero attached hydrogens (tertiary/aromatic N) is 3. The topological polar surface area (TPSA) is 77.8 Å². The summed E-state index contributed by atoms with van der Waals surface area (Å²) in [5.41, 5.74) is 2.74. The molecular formula is C24H23ClN4O3. The monoisotopic (exact) mass is 450 g/mol. The van der Waals surface area contributed by atoms with Gasteiger partial charge in [0, 0.05) is 23.9 Å². The van der Waals surface area contributed by atoms with E-state index >= 15 is 0 Å². The maximum absolute atomic E-state index is 12.7. The molecule has 0 bridgehead atoms. The van der Waals surface area contributed by atoms with Crippen molar-refractivity contribution in [2.45, 2.75) is 20.4 Å². The van der Waals surface area contributed by atoms with Crippen LogP contribution in [0.1, 0.15) is 29.8 Å². The van der Waals surface area contributed by atoms with Gasteiger partial charge in [0.05, 0.1) is 18.2 Å². The number of hydrogen-bond donors (Lipinski definition) is 1. The van der Waals surface area contributed by atoms with Gasteiger partial charge in [-0.15, -0.1) is 10.2 Å². The Balaban J connectivity index is 1.50. The zero-order valence-electron chi connectivity index (χ0n) is 17.8. The molecule has 2 aromatic heterocycles. The number of nitrogens with one attached hydrogen (secondary N) is 1. The number of pyridine rings is 1. The van der Waals surface area contributed by atoms with Gasteiger partial charge in [-0.1, -0.05) is 29.8 Å². The molecular weight excluding hydrogens is 428 g/mol. The minimum Gasteiger partial charge on any atom is -0.490 e. The van der Waals surface area contributed by atoms with E-state index < -0.39 is 0 Å². The normalized spacial score (nSPS) is 10.8. The fourth-order valence-corrected chi connectivity index (χ4v) is 3.57. The van der Waals surface area contributed by atoms with Crippen molar-refractivity contribution in [2.24, 2.45) is 0 Å². The molecule has 7 nitrogen and oxygen atoms in total. The van der Waals surface area contributed by atoms with Gasteiger partial charge in [0.25, 0.3) is 5.91 Å². The molecule has 0 aliphatic rings. The Kier molecular flexibility index (Phi) is 6.56. The van der Waals surface area contributed by atoms with E-state index in [1.54, 1.807) is 28.8 Å². The van der Waals surface area contributed by atoms with Gasteiger partial charge in [0.1, 0.15) is 0 Å². The molecule has 0 spiro atoms. The molecule has 1 N–H and O–H groups in total. The zero-order valence-corrected chi connectivity index (χ0v) is 18.6. The van der Waals surface area contributed by atoms with Gasteiger partial charge in [-0.05, 0) is 55.8 Å². The maximum atomic E-state index is 12.7. The molecule has 2 aromatic carbocycles. The van der Waals surface area contributed by atoms with E-state index in [1.807, 2.05) is 50.2 Å². The smallest absolute Gasteiger partial charge is 0.251 e. The molecule has 0 unspecified atom stereocenters. The number of halogens is 1. The summed E-state index contributed by atoms with van der Waals surface area (Å²) in [6.07, 6.45) is 1.77. The molecule has 0 fully saturated rings. The molecule has 2 heterocycles. The van der Waals surface area contributed by atoms with Crippen LogP contribution in [0.5, 0.6) is 11.5 Å². The van der Waals surface area contributed by atoms with Crippen LogP contribution in [0.2, 0.25) is 5.02 Å². The second kappa shape index (κ2) is 9.70. The summed E-state index contributed by atoms with van der Waals surface area (Å²) < 4.78 is 13.0. The number of hydrogen-bond acceptors (Lipinski definition) is 5. The number of amides is 1. The van der Waals surface area contributed by atoms with E-state index in [0.29, 0.717) is 53.3 Å². The summed E-state index contributed by atoms with van der Waals surface area (Å²) in [4.78, 5) is 12.7. The van der Waals surface area contributed by atoms with Gasteiger partial charge in [-0.3, -0.25) is 9.20 Å². The minimum absolute atomic E-state index is 0.207. The van der Waals surface area contributed by atoms with Crippen LogP contribution in [-0.4, -0.2) is 33.7 Å². The Bertz CT molecular complexity index is 1260. The third-order valence-corrected chi connectivity index (χ3v) is 5.18. The Hall–Kier alpha value is -3.58. The molecule has 4 rings (SSSR count). The van der Waals surface area contributed by atoms with Gasteiger partial charge in [0.15, 0.2) is 23.0 Å². The van der Waals surface area contributed by atoms with Crippen LogP contribution in [0.3, 0.4) is 0 Å². The largest absolute Gasteiger partial charge is 0.490 e. The van der Waals surface area contributed by atoms with Crippen LogP contribution in [0.25, 0.3) is 17.0 Å². The number of rotatable bonds is 8. The Morgan fingerprint density at radius 1 is 1.00 bits per heavy atom. The van der Waals surface area contributed by atoms with Crippen molar-refractivity contribution in [3.63, 3.8) is 0 Å². The molecule has 0 aliphatic carbocycles. The van der Waals surface area contributed by atoms with Crippen molar-refractivity contribution in [1.29, 1.82) is 0 Å². The summed E-state index contributed by atoms with van der Waals surface area (Å²) in [5.74, 6) is 1.77. The van der Waals surface area contributed by atoms with Crippen molar-refractivity contribution in [2.75, 3.05) is 13.2 Å². The molecule has 0 atom stereocenters. The lowest BCUT2D eigenvalue weighted by atomic mass is 10.2. The average molecular weight is 451 g/mol. The summed E-state index contributed by atoms with van der Waals surface area (Å²) >= 11 is 6.29. The highest BCUT2D eigenvalue weighted by atomic mass is 35.5. The number of carbonyl (C=O) groups excluding carboxylic acids is 1. The first-order valence-electron chi connectivity index (χ1n) is 10.4. The van der Waals surface area contributed by atoms with Crippen LogP contribution >= 0.6 is 11.6 Å². The number of carbonyl (C=O) groups is 1. The lowest BCUT2D eigenvalue weighted by Gasteiger charge is -2.13. The summed E-state index contributed by atoms with van der Waals surface area (Å²) in [6.45, 7) is 5.29. The standard InChI is InChI=1S/C24H23ClN4O3/c1-3-31-20-10-9-16(13-21(20)32-4-2)15-26-24(30)17-11-12-29-22(14-17)27-28-23(29)18-7-5-6-8-19(18)25/h5-14H,3-4,15H2,1-2H3,(H,26,30). The highest BCUT2D eigenvalue weighted by Crippen LogP contribution is 2.29. The summed E-state index contributed by atoms with van der Waals surface area (Å²) in [7, 11) is 0. The third kappa shape index (κ3) is 4.53. The van der Waals surface area contributed by atoms with Gasteiger partial charge >= 0.3 is 0 Å². The molecule has 0 saturated carbocycles. The maximum Gasteiger partial charge on any atom is 0.251 e. The van der Waals surface area contributed by atoms with Gasteiger partial charge in [0.2, 0.25) is 0 Å².